The van der Waals surface area contributed by atoms with Crippen LogP contribution in [0.15, 0.2) is 0 Å². The molecule has 3 N–H and O–H groups in total. The van der Waals surface area contributed by atoms with E-state index in [1.54, 1.807) is 11.8 Å². The standard InChI is InChI=1S/C5H10O2S.CH5N/c1-8-4-2-3-5(6)7;1-2/h2-4H2,1H3,(H,6,7);2H2,1H3. The van der Waals surface area contributed by atoms with E-state index in [1.807, 2.05) is 6.26 Å². The van der Waals surface area contributed by atoms with Crippen LogP contribution in [0.2, 0.25) is 0 Å². The fourth-order valence-corrected chi connectivity index (χ4v) is 0.801. The predicted octanol–water partition coefficient (Wildman–Crippen LogP) is 0.789. The van der Waals surface area contributed by atoms with Crippen molar-refractivity contribution >= 4 is 17.7 Å². The molecule has 0 aliphatic carbocycles. The van der Waals surface area contributed by atoms with Gasteiger partial charge in [0.25, 0.3) is 0 Å². The Labute approximate surface area is 66.0 Å². The van der Waals surface area contributed by atoms with Crippen LogP contribution in [0.25, 0.3) is 0 Å². The van der Waals surface area contributed by atoms with Gasteiger partial charge in [0.05, 0.1) is 0 Å². The maximum atomic E-state index is 9.86. The van der Waals surface area contributed by atoms with Gasteiger partial charge in [-0.1, -0.05) is 0 Å². The van der Waals surface area contributed by atoms with E-state index in [-0.39, 0.29) is 0 Å². The summed E-state index contributed by atoms with van der Waals surface area (Å²) in [5.74, 6) is 0.255. The molecule has 0 heterocycles. The molecular weight excluding hydrogens is 150 g/mol. The molecule has 0 fully saturated rings. The van der Waals surface area contributed by atoms with E-state index in [0.29, 0.717) is 6.42 Å². The summed E-state index contributed by atoms with van der Waals surface area (Å²) in [7, 11) is 1.50. The number of nitrogens with two attached hydrogens (primary N) is 1. The highest BCUT2D eigenvalue weighted by Crippen LogP contribution is 1.97. The molecule has 0 amide bonds. The molecule has 62 valence electrons. The van der Waals surface area contributed by atoms with Gasteiger partial charge in [-0.3, -0.25) is 4.79 Å². The zero-order valence-electron chi connectivity index (χ0n) is 6.46. The number of hydrogen-bond acceptors (Lipinski definition) is 3. The van der Waals surface area contributed by atoms with Crippen molar-refractivity contribution in [1.29, 1.82) is 0 Å². The summed E-state index contributed by atoms with van der Waals surface area (Å²) in [6.45, 7) is 0. The minimum atomic E-state index is -0.695. The number of hydrogen-bond donors (Lipinski definition) is 2. The van der Waals surface area contributed by atoms with Crippen molar-refractivity contribution in [2.45, 2.75) is 12.8 Å². The Bertz CT molecular complexity index is 78.1. The Kier molecular flexibility index (Phi) is 14.4. The van der Waals surface area contributed by atoms with Crippen molar-refractivity contribution in [2.24, 2.45) is 5.73 Å². The summed E-state index contributed by atoms with van der Waals surface area (Å²) < 4.78 is 0. The van der Waals surface area contributed by atoms with E-state index in [4.69, 9.17) is 5.11 Å². The van der Waals surface area contributed by atoms with Crippen molar-refractivity contribution in [3.8, 4) is 0 Å². The van der Waals surface area contributed by atoms with Gasteiger partial charge in [-0.15, -0.1) is 0 Å². The minimum Gasteiger partial charge on any atom is -0.481 e. The number of carboxylic acids is 1. The van der Waals surface area contributed by atoms with E-state index in [1.165, 1.54) is 7.05 Å². The molecule has 0 radical (unpaired) electrons. The number of carboxylic acid groups (broad SMARTS) is 1. The van der Waals surface area contributed by atoms with Gasteiger partial charge in [0.2, 0.25) is 0 Å². The van der Waals surface area contributed by atoms with Gasteiger partial charge in [0.15, 0.2) is 0 Å². The largest absolute Gasteiger partial charge is 0.481 e. The number of rotatable bonds is 4. The lowest BCUT2D eigenvalue weighted by molar-refractivity contribution is -0.137. The van der Waals surface area contributed by atoms with Crippen molar-refractivity contribution in [3.05, 3.63) is 0 Å². The maximum absolute atomic E-state index is 9.86. The van der Waals surface area contributed by atoms with Gasteiger partial charge in [-0.25, -0.2) is 0 Å². The fraction of sp³-hybridized carbons (Fsp3) is 0.833. The Morgan fingerprint density at radius 3 is 2.40 bits per heavy atom. The zero-order valence-corrected chi connectivity index (χ0v) is 7.28. The Balaban J connectivity index is 0. The van der Waals surface area contributed by atoms with E-state index in [9.17, 15) is 4.79 Å². The Morgan fingerprint density at radius 1 is 1.60 bits per heavy atom. The molecule has 0 unspecified atom stereocenters. The van der Waals surface area contributed by atoms with Crippen LogP contribution in [0.1, 0.15) is 12.8 Å². The van der Waals surface area contributed by atoms with E-state index in [0.717, 1.165) is 12.2 Å². The van der Waals surface area contributed by atoms with Crippen LogP contribution in [0.4, 0.5) is 0 Å². The molecule has 0 rings (SSSR count). The van der Waals surface area contributed by atoms with E-state index >= 15 is 0 Å². The topological polar surface area (TPSA) is 63.3 Å². The van der Waals surface area contributed by atoms with Gasteiger partial charge in [0, 0.05) is 6.42 Å². The summed E-state index contributed by atoms with van der Waals surface area (Å²) in [6, 6.07) is 0. The van der Waals surface area contributed by atoms with Crippen LogP contribution >= 0.6 is 11.8 Å². The molecular formula is C6H15NO2S. The quantitative estimate of drug-likeness (QED) is 0.604. The maximum Gasteiger partial charge on any atom is 0.303 e. The highest BCUT2D eigenvalue weighted by atomic mass is 32.2. The molecule has 0 aromatic rings. The summed E-state index contributed by atoms with van der Waals surface area (Å²) >= 11 is 1.68. The first-order valence-electron chi connectivity index (χ1n) is 3.06. The van der Waals surface area contributed by atoms with Crippen LogP contribution in [0.3, 0.4) is 0 Å². The van der Waals surface area contributed by atoms with Crippen molar-refractivity contribution in [2.75, 3.05) is 19.1 Å². The molecule has 10 heavy (non-hydrogen) atoms. The summed E-state index contributed by atoms with van der Waals surface area (Å²) in [5, 5.41) is 8.13. The zero-order chi connectivity index (χ0) is 8.41. The molecule has 0 saturated heterocycles. The lowest BCUT2D eigenvalue weighted by Gasteiger charge is -1.89. The molecule has 0 spiro atoms. The second-order valence-corrected chi connectivity index (χ2v) is 2.48. The van der Waals surface area contributed by atoms with Crippen molar-refractivity contribution < 1.29 is 9.90 Å². The molecule has 0 aliphatic rings. The molecule has 0 aromatic carbocycles. The average molecular weight is 165 g/mol. The van der Waals surface area contributed by atoms with Gasteiger partial charge >= 0.3 is 5.97 Å². The predicted molar refractivity (Wildman–Crippen MR) is 45.4 cm³/mol. The fourth-order valence-electron chi connectivity index (χ4n) is 0.368. The third kappa shape index (κ3) is 15.7. The Hall–Kier alpha value is -0.220. The summed E-state index contributed by atoms with van der Waals surface area (Å²) in [4.78, 5) is 9.86. The van der Waals surface area contributed by atoms with Gasteiger partial charge in [0.1, 0.15) is 0 Å². The average Bonchev–Trinajstić information content (AvgIpc) is 1.92. The summed E-state index contributed by atoms with van der Waals surface area (Å²) in [5.41, 5.74) is 4.50. The second-order valence-electron chi connectivity index (χ2n) is 1.49. The van der Waals surface area contributed by atoms with Crippen LogP contribution in [0, 0.1) is 0 Å². The van der Waals surface area contributed by atoms with Gasteiger partial charge < -0.3 is 10.8 Å². The summed E-state index contributed by atoms with van der Waals surface area (Å²) in [6.07, 6.45) is 3.07. The van der Waals surface area contributed by atoms with E-state index in [2.05, 4.69) is 5.73 Å². The molecule has 0 atom stereocenters. The number of carbonyl (C=O) groups is 1. The molecule has 3 nitrogen and oxygen atoms in total. The lowest BCUT2D eigenvalue weighted by Crippen LogP contribution is -1.94. The lowest BCUT2D eigenvalue weighted by atomic mass is 10.3. The molecule has 0 bridgehead atoms. The molecule has 0 aromatic heterocycles. The number of thioether (sulfide) groups is 1. The van der Waals surface area contributed by atoms with Gasteiger partial charge in [-0.05, 0) is 25.5 Å². The van der Waals surface area contributed by atoms with Crippen LogP contribution < -0.4 is 5.73 Å². The minimum absolute atomic E-state index is 0.306. The number of aliphatic carboxylic acids is 1. The third-order valence-corrected chi connectivity index (χ3v) is 1.44. The first kappa shape index (κ1) is 12.5. The second kappa shape index (κ2) is 11.6. The van der Waals surface area contributed by atoms with Crippen LogP contribution in [-0.2, 0) is 4.79 Å². The third-order valence-electron chi connectivity index (χ3n) is 0.739. The highest BCUT2D eigenvalue weighted by Gasteiger charge is 1.93. The normalized spacial score (nSPS) is 7.90. The molecule has 4 heteroatoms. The first-order valence-corrected chi connectivity index (χ1v) is 4.45. The van der Waals surface area contributed by atoms with Crippen LogP contribution in [-0.4, -0.2) is 30.1 Å². The monoisotopic (exact) mass is 165 g/mol. The Morgan fingerprint density at radius 2 is 2.10 bits per heavy atom. The van der Waals surface area contributed by atoms with Crippen molar-refractivity contribution in [3.63, 3.8) is 0 Å². The highest BCUT2D eigenvalue weighted by molar-refractivity contribution is 7.98. The van der Waals surface area contributed by atoms with E-state index < -0.39 is 5.97 Å². The smallest absolute Gasteiger partial charge is 0.303 e. The molecule has 0 saturated carbocycles. The van der Waals surface area contributed by atoms with Gasteiger partial charge in [-0.2, -0.15) is 11.8 Å². The first-order chi connectivity index (χ1) is 4.77. The van der Waals surface area contributed by atoms with Crippen LogP contribution in [0.5, 0.6) is 0 Å². The molecule has 0 aliphatic heterocycles. The van der Waals surface area contributed by atoms with Crippen molar-refractivity contribution in [1.82, 2.24) is 0 Å². The SMILES string of the molecule is CN.CSCCCC(=O)O.